The van der Waals surface area contributed by atoms with E-state index in [0.29, 0.717) is 11.1 Å². The molecule has 0 aliphatic carbocycles. The van der Waals surface area contributed by atoms with Gasteiger partial charge in [0.2, 0.25) is 0 Å². The largest absolute Gasteiger partial charge is 0.461 e. The molecule has 2 aliphatic rings. The summed E-state index contributed by atoms with van der Waals surface area (Å²) >= 11 is 0. The molecule has 0 N–H and O–H groups in total. The van der Waals surface area contributed by atoms with Gasteiger partial charge in [-0.25, -0.2) is 0 Å². The molecule has 1 saturated heterocycles. The summed E-state index contributed by atoms with van der Waals surface area (Å²) in [7, 11) is 0. The number of carbonyl (C=O) groups is 4. The van der Waals surface area contributed by atoms with Gasteiger partial charge in [0.15, 0.2) is 12.4 Å². The van der Waals surface area contributed by atoms with Crippen LogP contribution in [0.3, 0.4) is 0 Å². The normalized spacial score (nSPS) is 22.4. The highest BCUT2D eigenvalue weighted by molar-refractivity contribution is 6.19. The van der Waals surface area contributed by atoms with Gasteiger partial charge in [-0.15, -0.1) is 0 Å². The molecule has 2 heterocycles. The molecule has 5 atom stereocenters. The lowest BCUT2D eigenvalue weighted by Gasteiger charge is -2.48. The Morgan fingerprint density at radius 1 is 0.653 bits per heavy atom. The Morgan fingerprint density at radius 3 is 1.71 bits per heavy atom. The molecule has 49 heavy (non-hydrogen) atoms. The summed E-state index contributed by atoms with van der Waals surface area (Å²) in [6.45, 7) is 6.34. The van der Waals surface area contributed by atoms with E-state index >= 15 is 0 Å². The lowest BCUT2D eigenvalue weighted by Crippen LogP contribution is -2.67. The maximum atomic E-state index is 13.7. The van der Waals surface area contributed by atoms with Gasteiger partial charge in [-0.3, -0.25) is 24.1 Å². The number of hydrogen-bond acceptors (Lipinski definition) is 10. The molecule has 11 nitrogen and oxygen atoms in total. The Hall–Kier alpha value is -4.68. The highest BCUT2D eigenvalue weighted by Crippen LogP contribution is 2.35. The first-order chi connectivity index (χ1) is 23.6. The molecular formula is C38H41NO10. The number of rotatable bonds is 14. The Bertz CT molecular complexity index is 1620. The number of benzene rings is 3. The summed E-state index contributed by atoms with van der Waals surface area (Å²) in [5, 5.41) is 0. The lowest BCUT2D eigenvalue weighted by molar-refractivity contribution is -0.298. The molecule has 0 saturated carbocycles. The molecule has 0 unspecified atom stereocenters. The number of imide groups is 1. The molecule has 2 aliphatic heterocycles. The molecule has 3 aromatic carbocycles. The number of esters is 2. The lowest BCUT2D eigenvalue weighted by atomic mass is 9.94. The van der Waals surface area contributed by atoms with E-state index in [1.165, 1.54) is 13.8 Å². The molecule has 0 aromatic heterocycles. The molecule has 0 spiro atoms. The van der Waals surface area contributed by atoms with Crippen molar-refractivity contribution in [2.24, 2.45) is 0 Å². The number of carbonyl (C=O) groups excluding carboxylic acids is 4. The Balaban J connectivity index is 1.47. The Labute approximate surface area is 285 Å². The standard InChI is InChI=1S/C38H41NO10/c1-24-25(2)37(43)39(36(24)42)33-35(46-21-29-13-9-6-10-14-29)34(48-27(4)41)32(23-44-19-28-11-7-5-8-12-28)49-38(33)47-22-31-17-15-30(16-18-31)20-45-26(3)40/h5-18,32-35,38H,19-23H2,1-4H3/t32-,33-,34-,35-,38-/m1/s1. The zero-order valence-corrected chi connectivity index (χ0v) is 28.0. The van der Waals surface area contributed by atoms with E-state index in [-0.39, 0.29) is 39.0 Å². The zero-order valence-electron chi connectivity index (χ0n) is 28.0. The van der Waals surface area contributed by atoms with Crippen molar-refractivity contribution in [1.82, 2.24) is 4.90 Å². The van der Waals surface area contributed by atoms with E-state index in [1.54, 1.807) is 13.8 Å². The van der Waals surface area contributed by atoms with Crippen molar-refractivity contribution < 1.29 is 47.6 Å². The predicted octanol–water partition coefficient (Wildman–Crippen LogP) is 4.80. The summed E-state index contributed by atoms with van der Waals surface area (Å²) in [6.07, 6.45) is -4.19. The van der Waals surface area contributed by atoms with Crippen LogP contribution in [0.25, 0.3) is 0 Å². The highest BCUT2D eigenvalue weighted by Gasteiger charge is 2.55. The van der Waals surface area contributed by atoms with Crippen molar-refractivity contribution in [2.75, 3.05) is 6.61 Å². The van der Waals surface area contributed by atoms with Crippen molar-refractivity contribution >= 4 is 23.8 Å². The molecular weight excluding hydrogens is 630 g/mol. The monoisotopic (exact) mass is 671 g/mol. The summed E-state index contributed by atoms with van der Waals surface area (Å²) in [4.78, 5) is 52.2. The van der Waals surface area contributed by atoms with E-state index in [1.807, 2.05) is 84.9 Å². The van der Waals surface area contributed by atoms with Gasteiger partial charge >= 0.3 is 11.9 Å². The number of nitrogens with zero attached hydrogens (tertiary/aromatic N) is 1. The smallest absolute Gasteiger partial charge is 0.303 e. The van der Waals surface area contributed by atoms with Crippen LogP contribution >= 0.6 is 0 Å². The van der Waals surface area contributed by atoms with Gasteiger partial charge in [0.1, 0.15) is 24.9 Å². The first-order valence-corrected chi connectivity index (χ1v) is 16.1. The topological polar surface area (TPSA) is 127 Å². The quantitative estimate of drug-likeness (QED) is 0.174. The SMILES string of the molecule is CC(=O)OCc1ccc(CO[C@@H]2O[C@H](COCc3ccccc3)[C@@H](OC(C)=O)[C@H](OCc3ccccc3)[C@H]2N2C(=O)C(C)=C(C)C2=O)cc1. The van der Waals surface area contributed by atoms with Crippen molar-refractivity contribution in [3.05, 3.63) is 118 Å². The van der Waals surface area contributed by atoms with Crippen molar-refractivity contribution in [3.8, 4) is 0 Å². The average molecular weight is 672 g/mol. The molecule has 5 rings (SSSR count). The number of amides is 2. The van der Waals surface area contributed by atoms with Crippen LogP contribution in [0, 0.1) is 0 Å². The third kappa shape index (κ3) is 9.07. The average Bonchev–Trinajstić information content (AvgIpc) is 3.29. The second-order valence-corrected chi connectivity index (χ2v) is 12.0. The maximum Gasteiger partial charge on any atom is 0.303 e. The molecule has 1 fully saturated rings. The van der Waals surface area contributed by atoms with E-state index in [2.05, 4.69) is 0 Å². The second-order valence-electron chi connectivity index (χ2n) is 12.0. The van der Waals surface area contributed by atoms with Crippen LogP contribution in [0.15, 0.2) is 96.1 Å². The van der Waals surface area contributed by atoms with Crippen LogP contribution in [0.4, 0.5) is 0 Å². The van der Waals surface area contributed by atoms with Crippen molar-refractivity contribution in [2.45, 2.75) is 84.8 Å². The molecule has 3 aromatic rings. The van der Waals surface area contributed by atoms with Crippen LogP contribution in [0.2, 0.25) is 0 Å². The van der Waals surface area contributed by atoms with Gasteiger partial charge in [-0.1, -0.05) is 84.9 Å². The Morgan fingerprint density at radius 2 is 1.16 bits per heavy atom. The maximum absolute atomic E-state index is 13.7. The van der Waals surface area contributed by atoms with Gasteiger partial charge in [-0.2, -0.15) is 0 Å². The third-order valence-electron chi connectivity index (χ3n) is 8.41. The van der Waals surface area contributed by atoms with Gasteiger partial charge in [0.25, 0.3) is 11.8 Å². The van der Waals surface area contributed by atoms with Crippen LogP contribution in [-0.2, 0) is 74.0 Å². The van der Waals surface area contributed by atoms with Crippen LogP contribution in [-0.4, -0.2) is 65.9 Å². The fraction of sp³-hybridized carbons (Fsp3) is 0.368. The highest BCUT2D eigenvalue weighted by atomic mass is 16.7. The molecule has 2 amide bonds. The second kappa shape index (κ2) is 16.6. The first-order valence-electron chi connectivity index (χ1n) is 16.1. The van der Waals surface area contributed by atoms with Crippen LogP contribution in [0.5, 0.6) is 0 Å². The van der Waals surface area contributed by atoms with Crippen molar-refractivity contribution in [3.63, 3.8) is 0 Å². The van der Waals surface area contributed by atoms with Crippen molar-refractivity contribution in [1.29, 1.82) is 0 Å². The summed E-state index contributed by atoms with van der Waals surface area (Å²) in [5.41, 5.74) is 3.93. The predicted molar refractivity (Wildman–Crippen MR) is 176 cm³/mol. The van der Waals surface area contributed by atoms with Gasteiger partial charge in [-0.05, 0) is 36.1 Å². The van der Waals surface area contributed by atoms with Crippen LogP contribution < -0.4 is 0 Å². The summed E-state index contributed by atoms with van der Waals surface area (Å²) in [5.74, 6) is -1.98. The molecule has 0 radical (unpaired) electrons. The third-order valence-corrected chi connectivity index (χ3v) is 8.41. The van der Waals surface area contributed by atoms with Crippen LogP contribution in [0.1, 0.15) is 49.9 Å². The minimum absolute atomic E-state index is 0.00629. The minimum Gasteiger partial charge on any atom is -0.461 e. The molecule has 0 bridgehead atoms. The zero-order chi connectivity index (χ0) is 34.9. The van der Waals surface area contributed by atoms with Gasteiger partial charge < -0.3 is 28.4 Å². The van der Waals surface area contributed by atoms with Gasteiger partial charge in [0, 0.05) is 25.0 Å². The van der Waals surface area contributed by atoms with Gasteiger partial charge in [0.05, 0.1) is 26.4 Å². The number of hydrogen-bond donors (Lipinski definition) is 0. The first kappa shape index (κ1) is 35.6. The Kier molecular flexibility index (Phi) is 12.1. The summed E-state index contributed by atoms with van der Waals surface area (Å²) < 4.78 is 36.4. The minimum atomic E-state index is -1.19. The van der Waals surface area contributed by atoms with E-state index in [4.69, 9.17) is 28.4 Å². The van der Waals surface area contributed by atoms with E-state index < -0.39 is 48.4 Å². The van der Waals surface area contributed by atoms with E-state index in [0.717, 1.165) is 27.2 Å². The fourth-order valence-electron chi connectivity index (χ4n) is 5.73. The number of ether oxygens (including phenoxy) is 6. The summed E-state index contributed by atoms with van der Waals surface area (Å²) in [6, 6.07) is 25.1. The fourth-order valence-corrected chi connectivity index (χ4v) is 5.73. The van der Waals surface area contributed by atoms with E-state index in [9.17, 15) is 19.2 Å². The molecule has 258 valence electrons. The molecule has 11 heteroatoms.